The molecule has 3 rings (SSSR count). The number of rotatable bonds is 2. The Balaban J connectivity index is 2.00. The summed E-state index contributed by atoms with van der Waals surface area (Å²) in [6.45, 7) is 3.42. The molecule has 0 saturated carbocycles. The first-order valence-corrected chi connectivity index (χ1v) is 7.02. The van der Waals surface area contributed by atoms with E-state index >= 15 is 0 Å². The van der Waals surface area contributed by atoms with Crippen molar-refractivity contribution in [2.24, 2.45) is 5.73 Å². The predicted molar refractivity (Wildman–Crippen MR) is 74.0 cm³/mol. The molecule has 18 heavy (non-hydrogen) atoms. The second kappa shape index (κ2) is 4.71. The average Bonchev–Trinajstić information content (AvgIpc) is 2.79. The molecule has 94 valence electrons. The average molecular weight is 260 g/mol. The molecule has 1 aliphatic heterocycles. The molecule has 0 aliphatic carbocycles. The zero-order valence-electron chi connectivity index (χ0n) is 10.4. The molecule has 1 aliphatic rings. The van der Waals surface area contributed by atoms with E-state index in [-0.39, 0.29) is 0 Å². The van der Waals surface area contributed by atoms with Gasteiger partial charge in [0.15, 0.2) is 0 Å². The molecule has 3 nitrogen and oxygen atoms in total. The standard InChI is InChI=1S/C14H16N2OS/c1-9-13(8-15)18-14(16-9)11-4-5-12-10(7-11)3-2-6-17-12/h4-5,7H,2-3,6,8,15H2,1H3. The van der Waals surface area contributed by atoms with Gasteiger partial charge in [-0.3, -0.25) is 0 Å². The fourth-order valence-corrected chi connectivity index (χ4v) is 3.17. The van der Waals surface area contributed by atoms with E-state index in [9.17, 15) is 0 Å². The first-order chi connectivity index (χ1) is 8.78. The van der Waals surface area contributed by atoms with Crippen LogP contribution in [-0.2, 0) is 13.0 Å². The highest BCUT2D eigenvalue weighted by atomic mass is 32.1. The van der Waals surface area contributed by atoms with Crippen LogP contribution in [0.25, 0.3) is 10.6 Å². The van der Waals surface area contributed by atoms with Crippen molar-refractivity contribution in [1.29, 1.82) is 0 Å². The van der Waals surface area contributed by atoms with Gasteiger partial charge in [-0.1, -0.05) is 0 Å². The number of aromatic nitrogens is 1. The van der Waals surface area contributed by atoms with Crippen molar-refractivity contribution in [2.45, 2.75) is 26.3 Å². The van der Waals surface area contributed by atoms with Gasteiger partial charge in [-0.15, -0.1) is 11.3 Å². The number of hydrogen-bond donors (Lipinski definition) is 1. The highest BCUT2D eigenvalue weighted by Crippen LogP contribution is 2.33. The summed E-state index contributed by atoms with van der Waals surface area (Å²) >= 11 is 1.69. The maximum atomic E-state index is 5.70. The Kier molecular flexibility index (Phi) is 3.06. The molecule has 4 heteroatoms. The lowest BCUT2D eigenvalue weighted by molar-refractivity contribution is 0.288. The van der Waals surface area contributed by atoms with Crippen LogP contribution in [0.5, 0.6) is 5.75 Å². The number of hydrogen-bond acceptors (Lipinski definition) is 4. The molecule has 0 saturated heterocycles. The quantitative estimate of drug-likeness (QED) is 0.903. The molecule has 0 bridgehead atoms. The maximum absolute atomic E-state index is 5.70. The normalized spacial score (nSPS) is 14.1. The number of thiazole rings is 1. The monoisotopic (exact) mass is 260 g/mol. The third kappa shape index (κ3) is 2.02. The van der Waals surface area contributed by atoms with Crippen LogP contribution in [0.15, 0.2) is 18.2 Å². The van der Waals surface area contributed by atoms with Crippen LogP contribution >= 0.6 is 11.3 Å². The Morgan fingerprint density at radius 3 is 3.11 bits per heavy atom. The third-order valence-electron chi connectivity index (χ3n) is 3.23. The molecule has 1 aromatic carbocycles. The molecule has 0 amide bonds. The molecule has 0 spiro atoms. The van der Waals surface area contributed by atoms with Gasteiger partial charge in [-0.25, -0.2) is 4.98 Å². The van der Waals surface area contributed by atoms with Crippen molar-refractivity contribution in [3.05, 3.63) is 34.3 Å². The predicted octanol–water partition coefficient (Wildman–Crippen LogP) is 2.90. The van der Waals surface area contributed by atoms with Crippen LogP contribution in [-0.4, -0.2) is 11.6 Å². The van der Waals surface area contributed by atoms with Gasteiger partial charge in [0, 0.05) is 17.0 Å². The summed E-state index contributed by atoms with van der Waals surface area (Å²) in [5, 5.41) is 1.06. The third-order valence-corrected chi connectivity index (χ3v) is 4.46. The summed E-state index contributed by atoms with van der Waals surface area (Å²) in [6.07, 6.45) is 2.19. The second-order valence-electron chi connectivity index (χ2n) is 4.51. The fourth-order valence-electron chi connectivity index (χ4n) is 2.23. The van der Waals surface area contributed by atoms with Crippen LogP contribution in [0.4, 0.5) is 0 Å². The minimum absolute atomic E-state index is 0.567. The fraction of sp³-hybridized carbons (Fsp3) is 0.357. The van der Waals surface area contributed by atoms with E-state index in [2.05, 4.69) is 23.2 Å². The topological polar surface area (TPSA) is 48.1 Å². The molecule has 0 radical (unpaired) electrons. The molecule has 2 heterocycles. The number of nitrogens with zero attached hydrogens (tertiary/aromatic N) is 1. The first kappa shape index (κ1) is 11.7. The van der Waals surface area contributed by atoms with Crippen molar-refractivity contribution in [2.75, 3.05) is 6.61 Å². The van der Waals surface area contributed by atoms with E-state index < -0.39 is 0 Å². The summed E-state index contributed by atoms with van der Waals surface area (Å²) in [5.74, 6) is 1.03. The van der Waals surface area contributed by atoms with Gasteiger partial charge in [0.2, 0.25) is 0 Å². The van der Waals surface area contributed by atoms with Gasteiger partial charge in [0.25, 0.3) is 0 Å². The highest BCUT2D eigenvalue weighted by molar-refractivity contribution is 7.15. The number of aryl methyl sites for hydroxylation is 2. The molecule has 2 N–H and O–H groups in total. The summed E-state index contributed by atoms with van der Waals surface area (Å²) in [5.41, 5.74) is 9.22. The largest absolute Gasteiger partial charge is 0.493 e. The van der Waals surface area contributed by atoms with Crippen LogP contribution in [0.2, 0.25) is 0 Å². The Morgan fingerprint density at radius 1 is 1.44 bits per heavy atom. The lowest BCUT2D eigenvalue weighted by Gasteiger charge is -2.17. The smallest absolute Gasteiger partial charge is 0.123 e. The first-order valence-electron chi connectivity index (χ1n) is 6.20. The SMILES string of the molecule is Cc1nc(-c2ccc3c(c2)CCCO3)sc1CN. The molecular weight excluding hydrogens is 244 g/mol. The van der Waals surface area contributed by atoms with Crippen molar-refractivity contribution >= 4 is 11.3 Å². The van der Waals surface area contributed by atoms with E-state index in [0.29, 0.717) is 6.54 Å². The van der Waals surface area contributed by atoms with Gasteiger partial charge in [0.05, 0.1) is 12.3 Å². The molecule has 0 unspecified atom stereocenters. The summed E-state index contributed by atoms with van der Waals surface area (Å²) < 4.78 is 5.63. The minimum atomic E-state index is 0.567. The van der Waals surface area contributed by atoms with Crippen molar-refractivity contribution in [3.63, 3.8) is 0 Å². The number of fused-ring (bicyclic) bond motifs is 1. The highest BCUT2D eigenvalue weighted by Gasteiger charge is 2.13. The van der Waals surface area contributed by atoms with Crippen molar-refractivity contribution in [1.82, 2.24) is 4.98 Å². The zero-order valence-corrected chi connectivity index (χ0v) is 11.2. The maximum Gasteiger partial charge on any atom is 0.123 e. The molecule has 2 aromatic rings. The Morgan fingerprint density at radius 2 is 2.33 bits per heavy atom. The molecule has 0 fully saturated rings. The van der Waals surface area contributed by atoms with Gasteiger partial charge in [-0.2, -0.15) is 0 Å². The van der Waals surface area contributed by atoms with E-state index in [1.54, 1.807) is 11.3 Å². The zero-order chi connectivity index (χ0) is 12.5. The van der Waals surface area contributed by atoms with Crippen LogP contribution in [0, 0.1) is 6.92 Å². The summed E-state index contributed by atoms with van der Waals surface area (Å²) in [6, 6.07) is 6.35. The Hall–Kier alpha value is -1.39. The summed E-state index contributed by atoms with van der Waals surface area (Å²) in [4.78, 5) is 5.76. The van der Waals surface area contributed by atoms with Crippen LogP contribution < -0.4 is 10.5 Å². The van der Waals surface area contributed by atoms with Gasteiger partial charge >= 0.3 is 0 Å². The van der Waals surface area contributed by atoms with Gasteiger partial charge in [0.1, 0.15) is 10.8 Å². The molecule has 0 atom stereocenters. The number of ether oxygens (including phenoxy) is 1. The van der Waals surface area contributed by atoms with Crippen molar-refractivity contribution in [3.8, 4) is 16.3 Å². The molecule has 1 aromatic heterocycles. The number of nitrogens with two attached hydrogens (primary N) is 1. The van der Waals surface area contributed by atoms with E-state index in [0.717, 1.165) is 35.9 Å². The van der Waals surface area contributed by atoms with Crippen LogP contribution in [0.3, 0.4) is 0 Å². The van der Waals surface area contributed by atoms with E-state index in [4.69, 9.17) is 10.5 Å². The Labute approximate surface area is 111 Å². The van der Waals surface area contributed by atoms with E-state index in [1.807, 2.05) is 6.92 Å². The van der Waals surface area contributed by atoms with Gasteiger partial charge < -0.3 is 10.5 Å². The van der Waals surface area contributed by atoms with Crippen LogP contribution in [0.1, 0.15) is 22.6 Å². The lowest BCUT2D eigenvalue weighted by atomic mass is 10.0. The van der Waals surface area contributed by atoms with Gasteiger partial charge in [-0.05, 0) is 43.5 Å². The number of benzene rings is 1. The second-order valence-corrected chi connectivity index (χ2v) is 5.59. The Bertz CT molecular complexity index is 577. The molecular formula is C14H16N2OS. The minimum Gasteiger partial charge on any atom is -0.493 e. The van der Waals surface area contributed by atoms with E-state index in [1.165, 1.54) is 16.0 Å². The van der Waals surface area contributed by atoms with Crippen molar-refractivity contribution < 1.29 is 4.74 Å². The lowest BCUT2D eigenvalue weighted by Crippen LogP contribution is -2.07. The summed E-state index contributed by atoms with van der Waals surface area (Å²) in [7, 11) is 0.